The van der Waals surface area contributed by atoms with E-state index in [4.69, 9.17) is 4.98 Å². The number of hydrogen-bond acceptors (Lipinski definition) is 5. The second-order valence-corrected chi connectivity index (χ2v) is 9.04. The Labute approximate surface area is 162 Å². The first-order chi connectivity index (χ1) is 12.7. The van der Waals surface area contributed by atoms with Crippen molar-refractivity contribution in [2.45, 2.75) is 25.3 Å². The molecule has 6 heteroatoms. The molecule has 0 aliphatic carbocycles. The maximum absolute atomic E-state index is 12.8. The molecule has 3 heterocycles. The van der Waals surface area contributed by atoms with E-state index in [1.807, 2.05) is 18.0 Å². The molecule has 2 aromatic heterocycles. The zero-order valence-corrected chi connectivity index (χ0v) is 16.6. The Morgan fingerprint density at radius 1 is 1.31 bits per heavy atom. The van der Waals surface area contributed by atoms with Gasteiger partial charge in [0, 0.05) is 30.4 Å². The Morgan fingerprint density at radius 2 is 2.19 bits per heavy atom. The van der Waals surface area contributed by atoms with Gasteiger partial charge in [0.1, 0.15) is 0 Å². The minimum absolute atomic E-state index is 0.231. The molecule has 0 bridgehead atoms. The largest absolute Gasteiger partial charge is 0.341 e. The molecule has 0 spiro atoms. The van der Waals surface area contributed by atoms with Gasteiger partial charge in [0.2, 0.25) is 5.91 Å². The number of hydrogen-bond donors (Lipinski definition) is 0. The van der Waals surface area contributed by atoms with Gasteiger partial charge in [-0.3, -0.25) is 9.69 Å². The fraction of sp³-hybridized carbons (Fsp3) is 0.400. The zero-order chi connectivity index (χ0) is 17.9. The van der Waals surface area contributed by atoms with Crippen molar-refractivity contribution in [2.24, 2.45) is 0 Å². The fourth-order valence-electron chi connectivity index (χ4n) is 3.53. The molecule has 4 nitrogen and oxygen atoms in total. The second kappa shape index (κ2) is 7.86. The normalized spacial score (nSPS) is 17.9. The molecule has 1 aromatic carbocycles. The van der Waals surface area contributed by atoms with Gasteiger partial charge in [-0.1, -0.05) is 18.2 Å². The van der Waals surface area contributed by atoms with E-state index in [2.05, 4.69) is 40.6 Å². The van der Waals surface area contributed by atoms with E-state index in [9.17, 15) is 4.79 Å². The van der Waals surface area contributed by atoms with Crippen LogP contribution < -0.4 is 0 Å². The number of thiophene rings is 1. The van der Waals surface area contributed by atoms with Crippen LogP contribution in [0.5, 0.6) is 0 Å². The van der Waals surface area contributed by atoms with Gasteiger partial charge in [0.15, 0.2) is 0 Å². The number of piperidine rings is 1. The molecule has 0 saturated carbocycles. The van der Waals surface area contributed by atoms with Crippen molar-refractivity contribution in [3.05, 3.63) is 51.7 Å². The number of carbonyl (C=O) groups excluding carboxylic acids is 1. The number of fused-ring (bicyclic) bond motifs is 1. The summed E-state index contributed by atoms with van der Waals surface area (Å²) in [6, 6.07) is 12.5. The Morgan fingerprint density at radius 3 is 3.00 bits per heavy atom. The monoisotopic (exact) mass is 385 g/mol. The third kappa shape index (κ3) is 3.98. The van der Waals surface area contributed by atoms with Gasteiger partial charge < -0.3 is 4.90 Å². The Kier molecular flexibility index (Phi) is 5.33. The molecule has 4 rings (SSSR count). The molecular weight excluding hydrogens is 362 g/mol. The topological polar surface area (TPSA) is 36.4 Å². The van der Waals surface area contributed by atoms with Crippen molar-refractivity contribution >= 4 is 38.8 Å². The van der Waals surface area contributed by atoms with E-state index in [-0.39, 0.29) is 5.91 Å². The van der Waals surface area contributed by atoms with Crippen LogP contribution in [0.3, 0.4) is 0 Å². The molecule has 3 aromatic rings. The van der Waals surface area contributed by atoms with Crippen molar-refractivity contribution in [1.82, 2.24) is 14.8 Å². The first kappa shape index (κ1) is 17.6. The number of para-hydroxylation sites is 1. The summed E-state index contributed by atoms with van der Waals surface area (Å²) in [4.78, 5) is 23.0. The number of likely N-dealkylation sites (N-methyl/N-ethyl adjacent to an activating group) is 1. The molecule has 1 saturated heterocycles. The third-order valence-electron chi connectivity index (χ3n) is 4.84. The number of benzene rings is 1. The van der Waals surface area contributed by atoms with Crippen molar-refractivity contribution < 1.29 is 4.79 Å². The lowest BCUT2D eigenvalue weighted by atomic mass is 9.98. The quantitative estimate of drug-likeness (QED) is 0.661. The molecule has 1 fully saturated rings. The van der Waals surface area contributed by atoms with Crippen LogP contribution in [0.25, 0.3) is 10.2 Å². The SMILES string of the molecule is CN(CC(=O)N1CCC[C@@H](c2nc3ccccc3s2)C1)Cc1cccs1. The van der Waals surface area contributed by atoms with Crippen LogP contribution in [0.1, 0.15) is 28.6 Å². The maximum atomic E-state index is 12.8. The van der Waals surface area contributed by atoms with Crippen LogP contribution in [-0.2, 0) is 11.3 Å². The van der Waals surface area contributed by atoms with Crippen molar-refractivity contribution in [1.29, 1.82) is 0 Å². The number of thiazole rings is 1. The molecule has 0 radical (unpaired) electrons. The lowest BCUT2D eigenvalue weighted by Gasteiger charge is -2.33. The van der Waals surface area contributed by atoms with Crippen LogP contribution in [0, 0.1) is 0 Å². The summed E-state index contributed by atoms with van der Waals surface area (Å²) in [6.45, 7) is 2.97. The minimum Gasteiger partial charge on any atom is -0.341 e. The van der Waals surface area contributed by atoms with E-state index >= 15 is 0 Å². The standard InChI is InChI=1S/C20H23N3OS2/c1-22(13-16-7-5-11-25-16)14-19(24)23-10-4-6-15(12-23)20-21-17-8-2-3-9-18(17)26-20/h2-3,5,7-9,11,15H,4,6,10,12-14H2,1H3/t15-/m1/s1. The highest BCUT2D eigenvalue weighted by atomic mass is 32.1. The summed E-state index contributed by atoms with van der Waals surface area (Å²) in [5.74, 6) is 0.600. The predicted octanol–water partition coefficient (Wildman–Crippen LogP) is 4.20. The minimum atomic E-state index is 0.231. The summed E-state index contributed by atoms with van der Waals surface area (Å²) in [5, 5.41) is 3.26. The van der Waals surface area contributed by atoms with Gasteiger partial charge in [0.25, 0.3) is 0 Å². The molecule has 26 heavy (non-hydrogen) atoms. The summed E-state index contributed by atoms with van der Waals surface area (Å²) in [6.07, 6.45) is 2.18. The van der Waals surface area contributed by atoms with E-state index < -0.39 is 0 Å². The van der Waals surface area contributed by atoms with Crippen molar-refractivity contribution in [3.63, 3.8) is 0 Å². The average molecular weight is 386 g/mol. The Bertz CT molecular complexity index is 841. The van der Waals surface area contributed by atoms with Gasteiger partial charge >= 0.3 is 0 Å². The Balaban J connectivity index is 1.38. The van der Waals surface area contributed by atoms with E-state index in [0.717, 1.165) is 38.0 Å². The maximum Gasteiger partial charge on any atom is 0.236 e. The highest BCUT2D eigenvalue weighted by Gasteiger charge is 2.27. The molecule has 136 valence electrons. The van der Waals surface area contributed by atoms with Gasteiger partial charge in [-0.2, -0.15) is 0 Å². The molecule has 1 aliphatic heterocycles. The summed E-state index contributed by atoms with van der Waals surface area (Å²) in [7, 11) is 2.02. The molecule has 1 aliphatic rings. The molecule has 1 atom stereocenters. The molecule has 0 N–H and O–H groups in total. The number of aromatic nitrogens is 1. The van der Waals surface area contributed by atoms with Gasteiger partial charge in [0.05, 0.1) is 21.8 Å². The smallest absolute Gasteiger partial charge is 0.236 e. The van der Waals surface area contributed by atoms with E-state index in [1.165, 1.54) is 14.6 Å². The van der Waals surface area contributed by atoms with Crippen molar-refractivity contribution in [3.8, 4) is 0 Å². The van der Waals surface area contributed by atoms with Crippen LogP contribution in [0.2, 0.25) is 0 Å². The molecular formula is C20H23N3OS2. The summed E-state index contributed by atoms with van der Waals surface area (Å²) >= 11 is 3.52. The number of rotatable bonds is 5. The number of nitrogens with zero attached hydrogens (tertiary/aromatic N) is 3. The summed E-state index contributed by atoms with van der Waals surface area (Å²) in [5.41, 5.74) is 1.08. The van der Waals surface area contributed by atoms with Gasteiger partial charge in [-0.05, 0) is 43.5 Å². The molecule has 0 unspecified atom stereocenters. The van der Waals surface area contributed by atoms with E-state index in [0.29, 0.717) is 12.5 Å². The summed E-state index contributed by atoms with van der Waals surface area (Å²) < 4.78 is 1.24. The Hall–Kier alpha value is -1.76. The highest BCUT2D eigenvalue weighted by molar-refractivity contribution is 7.18. The van der Waals surface area contributed by atoms with E-state index in [1.54, 1.807) is 22.7 Å². The molecule has 1 amide bonds. The van der Waals surface area contributed by atoms with Crippen LogP contribution in [-0.4, -0.2) is 47.4 Å². The average Bonchev–Trinajstić information content (AvgIpc) is 3.31. The third-order valence-corrected chi connectivity index (χ3v) is 6.90. The fourth-order valence-corrected chi connectivity index (χ4v) is 5.40. The lowest BCUT2D eigenvalue weighted by molar-refractivity contribution is -0.133. The van der Waals surface area contributed by atoms with Crippen LogP contribution in [0.15, 0.2) is 41.8 Å². The highest BCUT2D eigenvalue weighted by Crippen LogP contribution is 2.33. The van der Waals surface area contributed by atoms with Gasteiger partial charge in [-0.25, -0.2) is 4.98 Å². The number of likely N-dealkylation sites (tertiary alicyclic amines) is 1. The first-order valence-electron chi connectivity index (χ1n) is 9.03. The predicted molar refractivity (Wildman–Crippen MR) is 109 cm³/mol. The van der Waals surface area contributed by atoms with Crippen LogP contribution >= 0.6 is 22.7 Å². The first-order valence-corrected chi connectivity index (χ1v) is 10.7. The van der Waals surface area contributed by atoms with Crippen molar-refractivity contribution in [2.75, 3.05) is 26.7 Å². The number of amides is 1. The van der Waals surface area contributed by atoms with Gasteiger partial charge in [-0.15, -0.1) is 22.7 Å². The van der Waals surface area contributed by atoms with Crippen LogP contribution in [0.4, 0.5) is 0 Å². The second-order valence-electron chi connectivity index (χ2n) is 6.95. The lowest BCUT2D eigenvalue weighted by Crippen LogP contribution is -2.43. The zero-order valence-electron chi connectivity index (χ0n) is 14.9. The number of carbonyl (C=O) groups is 1.